The molecule has 1 amide bonds. The molecule has 0 fully saturated rings. The Hall–Kier alpha value is -1.59. The molecule has 0 aliphatic rings. The molecule has 104 valence electrons. The van der Waals surface area contributed by atoms with Crippen LogP contribution >= 0.6 is 0 Å². The molecular weight excluding hydrogens is 238 g/mol. The van der Waals surface area contributed by atoms with Gasteiger partial charge >= 0.3 is 12.1 Å². The number of carbonyl (C=O) groups is 3. The summed E-state index contributed by atoms with van der Waals surface area (Å²) in [6.07, 6.45) is -1.09. The summed E-state index contributed by atoms with van der Waals surface area (Å²) < 4.78 is 4.94. The van der Waals surface area contributed by atoms with Gasteiger partial charge in [0.25, 0.3) is 0 Å². The molecule has 0 spiro atoms. The van der Waals surface area contributed by atoms with E-state index in [-0.39, 0.29) is 18.1 Å². The number of ether oxygens (including phenoxy) is 1. The Morgan fingerprint density at radius 3 is 2.06 bits per heavy atom. The first kappa shape index (κ1) is 16.4. The largest absolute Gasteiger partial charge is 0.480 e. The molecule has 0 aromatic rings. The Morgan fingerprint density at radius 2 is 1.72 bits per heavy atom. The van der Waals surface area contributed by atoms with Crippen molar-refractivity contribution in [2.75, 3.05) is 0 Å². The highest BCUT2D eigenvalue weighted by Gasteiger charge is 2.26. The summed E-state index contributed by atoms with van der Waals surface area (Å²) in [5, 5.41) is 11.1. The van der Waals surface area contributed by atoms with Gasteiger partial charge in [0.2, 0.25) is 0 Å². The predicted molar refractivity (Wildman–Crippen MR) is 65.3 cm³/mol. The van der Waals surface area contributed by atoms with Crippen molar-refractivity contribution in [2.45, 2.75) is 52.7 Å². The van der Waals surface area contributed by atoms with Crippen molar-refractivity contribution in [1.82, 2.24) is 5.32 Å². The Kier molecular flexibility index (Phi) is 5.81. The van der Waals surface area contributed by atoms with Crippen LogP contribution in [0.15, 0.2) is 0 Å². The van der Waals surface area contributed by atoms with Crippen LogP contribution < -0.4 is 5.32 Å². The molecule has 0 aliphatic heterocycles. The second kappa shape index (κ2) is 6.37. The van der Waals surface area contributed by atoms with Gasteiger partial charge in [0.05, 0.1) is 0 Å². The first-order valence-corrected chi connectivity index (χ1v) is 5.78. The minimum absolute atomic E-state index is 0.224. The maximum Gasteiger partial charge on any atom is 0.408 e. The molecule has 0 saturated heterocycles. The maximum atomic E-state index is 11.5. The molecule has 0 heterocycles. The smallest absolute Gasteiger partial charge is 0.408 e. The second-order valence-corrected chi connectivity index (χ2v) is 5.36. The number of Topliss-reactive ketones (excluding diaryl/α,β-unsaturated/α-hetero) is 1. The molecule has 0 saturated carbocycles. The first-order valence-electron chi connectivity index (χ1n) is 5.78. The van der Waals surface area contributed by atoms with Gasteiger partial charge in [0, 0.05) is 12.3 Å². The lowest BCUT2D eigenvalue weighted by atomic mass is 10.0. The number of aliphatic carboxylic acids is 1. The molecule has 0 aromatic heterocycles. The molecule has 6 nitrogen and oxygen atoms in total. The zero-order valence-corrected chi connectivity index (χ0v) is 11.4. The molecule has 0 aliphatic carbocycles. The van der Waals surface area contributed by atoms with Crippen molar-refractivity contribution in [3.63, 3.8) is 0 Å². The average Bonchev–Trinajstić information content (AvgIpc) is 2.12. The fourth-order valence-electron chi connectivity index (χ4n) is 1.09. The summed E-state index contributed by atoms with van der Waals surface area (Å²) in [4.78, 5) is 33.8. The van der Waals surface area contributed by atoms with Gasteiger partial charge in [-0.2, -0.15) is 0 Å². The summed E-state index contributed by atoms with van der Waals surface area (Å²) in [5.74, 6) is -1.75. The highest BCUT2D eigenvalue weighted by atomic mass is 16.6. The van der Waals surface area contributed by atoms with E-state index in [0.29, 0.717) is 0 Å². The summed E-state index contributed by atoms with van der Waals surface area (Å²) in [6.45, 7) is 8.36. The lowest BCUT2D eigenvalue weighted by molar-refractivity contribution is -0.141. The van der Waals surface area contributed by atoms with E-state index in [1.54, 1.807) is 34.6 Å². The number of hydrogen-bond acceptors (Lipinski definition) is 4. The summed E-state index contributed by atoms with van der Waals surface area (Å²) >= 11 is 0. The van der Waals surface area contributed by atoms with Crippen LogP contribution in [0, 0.1) is 5.92 Å². The number of alkyl carbamates (subject to hydrolysis) is 1. The Bertz CT molecular complexity index is 330. The van der Waals surface area contributed by atoms with Gasteiger partial charge in [-0.1, -0.05) is 13.8 Å². The Labute approximate surface area is 107 Å². The van der Waals surface area contributed by atoms with Gasteiger partial charge in [-0.3, -0.25) is 4.79 Å². The van der Waals surface area contributed by atoms with Crippen LogP contribution in [0.25, 0.3) is 0 Å². The van der Waals surface area contributed by atoms with Crippen LogP contribution in [-0.2, 0) is 14.3 Å². The van der Waals surface area contributed by atoms with Gasteiger partial charge < -0.3 is 15.2 Å². The van der Waals surface area contributed by atoms with E-state index in [0.717, 1.165) is 0 Å². The van der Waals surface area contributed by atoms with Gasteiger partial charge in [0.1, 0.15) is 17.4 Å². The minimum Gasteiger partial charge on any atom is -0.480 e. The highest BCUT2D eigenvalue weighted by Crippen LogP contribution is 2.08. The van der Waals surface area contributed by atoms with Gasteiger partial charge in [-0.05, 0) is 20.8 Å². The zero-order chi connectivity index (χ0) is 14.5. The van der Waals surface area contributed by atoms with Crippen LogP contribution in [0.4, 0.5) is 4.79 Å². The topological polar surface area (TPSA) is 92.7 Å². The standard InChI is InChI=1S/C12H21NO5/c1-7(2)9(14)6-8(10(15)16)13-11(17)18-12(3,4)5/h7-8H,6H2,1-5H3,(H,13,17)(H,15,16). The monoisotopic (exact) mass is 259 g/mol. The van der Waals surface area contributed by atoms with Crippen molar-refractivity contribution in [2.24, 2.45) is 5.92 Å². The lowest BCUT2D eigenvalue weighted by Crippen LogP contribution is -2.44. The number of amides is 1. The van der Waals surface area contributed by atoms with Crippen molar-refractivity contribution >= 4 is 17.8 Å². The predicted octanol–water partition coefficient (Wildman–Crippen LogP) is 1.58. The number of carboxylic acids is 1. The van der Waals surface area contributed by atoms with E-state index in [2.05, 4.69) is 5.32 Å². The molecule has 6 heteroatoms. The summed E-state index contributed by atoms with van der Waals surface area (Å²) in [5.41, 5.74) is -0.713. The first-order chi connectivity index (χ1) is 8.03. The van der Waals surface area contributed by atoms with E-state index in [1.165, 1.54) is 0 Å². The van der Waals surface area contributed by atoms with Crippen molar-refractivity contribution < 1.29 is 24.2 Å². The highest BCUT2D eigenvalue weighted by molar-refractivity contribution is 5.88. The van der Waals surface area contributed by atoms with Crippen molar-refractivity contribution in [3.05, 3.63) is 0 Å². The van der Waals surface area contributed by atoms with Crippen LogP contribution in [-0.4, -0.2) is 34.6 Å². The van der Waals surface area contributed by atoms with Crippen LogP contribution in [0.1, 0.15) is 41.0 Å². The van der Waals surface area contributed by atoms with E-state index in [1.807, 2.05) is 0 Å². The van der Waals surface area contributed by atoms with E-state index in [9.17, 15) is 14.4 Å². The second-order valence-electron chi connectivity index (χ2n) is 5.36. The summed E-state index contributed by atoms with van der Waals surface area (Å²) in [6, 6.07) is -1.25. The lowest BCUT2D eigenvalue weighted by Gasteiger charge is -2.22. The third-order valence-electron chi connectivity index (χ3n) is 2.04. The molecule has 0 rings (SSSR count). The number of carbonyl (C=O) groups excluding carboxylic acids is 2. The van der Waals surface area contributed by atoms with E-state index >= 15 is 0 Å². The molecular formula is C12H21NO5. The minimum atomic E-state index is -1.25. The molecule has 0 aromatic carbocycles. The van der Waals surface area contributed by atoms with Crippen molar-refractivity contribution in [3.8, 4) is 0 Å². The van der Waals surface area contributed by atoms with E-state index in [4.69, 9.17) is 9.84 Å². The van der Waals surface area contributed by atoms with Gasteiger partial charge in [0.15, 0.2) is 0 Å². The number of nitrogens with one attached hydrogen (secondary N) is 1. The third kappa shape index (κ3) is 6.88. The average molecular weight is 259 g/mol. The quantitative estimate of drug-likeness (QED) is 0.782. The molecule has 2 N–H and O–H groups in total. The number of carboxylic acid groups (broad SMARTS) is 1. The van der Waals surface area contributed by atoms with Gasteiger partial charge in [-0.15, -0.1) is 0 Å². The number of hydrogen-bond donors (Lipinski definition) is 2. The van der Waals surface area contributed by atoms with Gasteiger partial charge in [-0.25, -0.2) is 9.59 Å². The molecule has 0 bridgehead atoms. The maximum absolute atomic E-state index is 11.5. The van der Waals surface area contributed by atoms with E-state index < -0.39 is 23.7 Å². The summed E-state index contributed by atoms with van der Waals surface area (Å²) in [7, 11) is 0. The third-order valence-corrected chi connectivity index (χ3v) is 2.04. The van der Waals surface area contributed by atoms with Crippen molar-refractivity contribution in [1.29, 1.82) is 0 Å². The number of rotatable bonds is 5. The number of ketones is 1. The zero-order valence-electron chi connectivity index (χ0n) is 11.4. The molecule has 0 radical (unpaired) electrons. The Balaban J connectivity index is 4.51. The van der Waals surface area contributed by atoms with Crippen LogP contribution in [0.5, 0.6) is 0 Å². The fraction of sp³-hybridized carbons (Fsp3) is 0.750. The molecule has 1 unspecified atom stereocenters. The fourth-order valence-corrected chi connectivity index (χ4v) is 1.09. The Morgan fingerprint density at radius 1 is 1.22 bits per heavy atom. The molecule has 1 atom stereocenters. The molecule has 18 heavy (non-hydrogen) atoms. The normalized spacial score (nSPS) is 13.0. The van der Waals surface area contributed by atoms with Crippen LogP contribution in [0.3, 0.4) is 0 Å². The SMILES string of the molecule is CC(C)C(=O)CC(NC(=O)OC(C)(C)C)C(=O)O. The van der Waals surface area contributed by atoms with Crippen LogP contribution in [0.2, 0.25) is 0 Å².